The van der Waals surface area contributed by atoms with Crippen molar-refractivity contribution in [1.29, 1.82) is 0 Å². The molecule has 0 fully saturated rings. The summed E-state index contributed by atoms with van der Waals surface area (Å²) < 4.78 is 1.93. The summed E-state index contributed by atoms with van der Waals surface area (Å²) in [5.74, 6) is 1.00. The highest BCUT2D eigenvalue weighted by Crippen LogP contribution is 2.30. The lowest BCUT2D eigenvalue weighted by atomic mass is 10.1. The van der Waals surface area contributed by atoms with Gasteiger partial charge in [-0.05, 0) is 31.3 Å². The van der Waals surface area contributed by atoms with E-state index in [1.165, 1.54) is 4.88 Å². The highest BCUT2D eigenvalue weighted by atomic mass is 35.5. The molecule has 0 saturated carbocycles. The Bertz CT molecular complexity index is 508. The first-order chi connectivity index (χ1) is 9.26. The number of aromatic nitrogens is 3. The van der Waals surface area contributed by atoms with Gasteiger partial charge in [0.05, 0.1) is 11.1 Å². The normalized spacial score (nSPS) is 12.8. The molecule has 2 heterocycles. The van der Waals surface area contributed by atoms with E-state index < -0.39 is 0 Å². The molecular formula is C13H19ClN4S. The van der Waals surface area contributed by atoms with Crippen LogP contribution in [0.15, 0.2) is 17.8 Å². The second-order valence-electron chi connectivity index (χ2n) is 4.34. The van der Waals surface area contributed by atoms with Gasteiger partial charge in [0.25, 0.3) is 0 Å². The topological polar surface area (TPSA) is 42.7 Å². The monoisotopic (exact) mass is 298 g/mol. The number of hydrogen-bond acceptors (Lipinski definition) is 4. The summed E-state index contributed by atoms with van der Waals surface area (Å²) in [6, 6.07) is 2.16. The summed E-state index contributed by atoms with van der Waals surface area (Å²) in [6.45, 7) is 6.05. The van der Waals surface area contributed by atoms with E-state index in [0.717, 1.165) is 36.8 Å². The van der Waals surface area contributed by atoms with Crippen LogP contribution < -0.4 is 5.32 Å². The highest BCUT2D eigenvalue weighted by molar-refractivity contribution is 7.10. The van der Waals surface area contributed by atoms with Gasteiger partial charge in [-0.25, -0.2) is 4.98 Å². The van der Waals surface area contributed by atoms with E-state index in [2.05, 4.69) is 29.2 Å². The molecule has 0 radical (unpaired) electrons. The molecule has 1 atom stereocenters. The van der Waals surface area contributed by atoms with Crippen molar-refractivity contribution in [2.45, 2.75) is 39.3 Å². The summed E-state index contributed by atoms with van der Waals surface area (Å²) in [7, 11) is 0. The van der Waals surface area contributed by atoms with Crippen LogP contribution in [0.3, 0.4) is 0 Å². The van der Waals surface area contributed by atoms with Crippen molar-refractivity contribution >= 4 is 22.9 Å². The van der Waals surface area contributed by atoms with Crippen LogP contribution in [0.5, 0.6) is 0 Å². The van der Waals surface area contributed by atoms with Crippen molar-refractivity contribution in [3.05, 3.63) is 33.5 Å². The van der Waals surface area contributed by atoms with E-state index in [4.69, 9.17) is 11.6 Å². The van der Waals surface area contributed by atoms with E-state index >= 15 is 0 Å². The lowest BCUT2D eigenvalue weighted by Gasteiger charge is -2.17. The molecule has 2 aromatic heterocycles. The molecule has 104 valence electrons. The largest absolute Gasteiger partial charge is 0.309 e. The maximum atomic E-state index is 6.25. The van der Waals surface area contributed by atoms with Crippen LogP contribution in [0.4, 0.5) is 0 Å². The molecule has 4 nitrogen and oxygen atoms in total. The van der Waals surface area contributed by atoms with Crippen molar-refractivity contribution in [3.63, 3.8) is 0 Å². The van der Waals surface area contributed by atoms with Gasteiger partial charge in [-0.2, -0.15) is 5.10 Å². The van der Waals surface area contributed by atoms with Crippen LogP contribution in [-0.4, -0.2) is 21.3 Å². The molecule has 19 heavy (non-hydrogen) atoms. The van der Waals surface area contributed by atoms with Crippen LogP contribution in [-0.2, 0) is 13.0 Å². The molecule has 1 N–H and O–H groups in total. The second-order valence-corrected chi connectivity index (χ2v) is 5.69. The van der Waals surface area contributed by atoms with Crippen LogP contribution in [0.2, 0.25) is 5.02 Å². The zero-order chi connectivity index (χ0) is 13.7. The van der Waals surface area contributed by atoms with Gasteiger partial charge >= 0.3 is 0 Å². The Balaban J connectivity index is 2.17. The molecule has 1 unspecified atom stereocenters. The van der Waals surface area contributed by atoms with Gasteiger partial charge < -0.3 is 5.32 Å². The molecule has 2 rings (SSSR count). The lowest BCUT2D eigenvalue weighted by Crippen LogP contribution is -2.25. The van der Waals surface area contributed by atoms with Crippen molar-refractivity contribution in [3.8, 4) is 0 Å². The number of thiophene rings is 1. The number of rotatable bonds is 7. The first kappa shape index (κ1) is 14.5. The summed E-state index contributed by atoms with van der Waals surface area (Å²) >= 11 is 7.95. The van der Waals surface area contributed by atoms with Gasteiger partial charge in [-0.15, -0.1) is 11.3 Å². The standard InChI is InChI=1S/C13H19ClN4S/c1-3-6-15-11(13-10(14)5-7-19-13)8-12-16-9-17-18(12)4-2/h5,7,9,11,15H,3-4,6,8H2,1-2H3. The minimum Gasteiger partial charge on any atom is -0.309 e. The third-order valence-corrected chi connectivity index (χ3v) is 4.46. The zero-order valence-corrected chi connectivity index (χ0v) is 12.8. The molecule has 2 aromatic rings. The van der Waals surface area contributed by atoms with Gasteiger partial charge in [0.15, 0.2) is 0 Å². The van der Waals surface area contributed by atoms with Gasteiger partial charge in [0.2, 0.25) is 0 Å². The van der Waals surface area contributed by atoms with Crippen molar-refractivity contribution in [2.75, 3.05) is 6.54 Å². The van der Waals surface area contributed by atoms with Crippen LogP contribution in [0.1, 0.15) is 37.0 Å². The van der Waals surface area contributed by atoms with Crippen LogP contribution in [0, 0.1) is 0 Å². The minimum atomic E-state index is 0.210. The average Bonchev–Trinajstić information content (AvgIpc) is 3.03. The molecule has 6 heteroatoms. The Kier molecular flexibility index (Phi) is 5.36. The first-order valence-corrected chi connectivity index (χ1v) is 7.85. The van der Waals surface area contributed by atoms with Gasteiger partial charge in [-0.1, -0.05) is 18.5 Å². The fourth-order valence-corrected chi connectivity index (χ4v) is 3.29. The average molecular weight is 299 g/mol. The number of hydrogen-bond donors (Lipinski definition) is 1. The van der Waals surface area contributed by atoms with Gasteiger partial charge in [-0.3, -0.25) is 4.68 Å². The number of halogens is 1. The zero-order valence-electron chi connectivity index (χ0n) is 11.3. The fraction of sp³-hybridized carbons (Fsp3) is 0.538. The Morgan fingerprint density at radius 3 is 2.95 bits per heavy atom. The molecule has 0 aliphatic heterocycles. The SMILES string of the molecule is CCCNC(Cc1ncnn1CC)c1sccc1Cl. The van der Waals surface area contributed by atoms with E-state index in [9.17, 15) is 0 Å². The van der Waals surface area contributed by atoms with E-state index in [0.29, 0.717) is 0 Å². The fourth-order valence-electron chi connectivity index (χ4n) is 2.02. The van der Waals surface area contributed by atoms with Gasteiger partial charge in [0, 0.05) is 17.8 Å². The third kappa shape index (κ3) is 3.55. The summed E-state index contributed by atoms with van der Waals surface area (Å²) in [4.78, 5) is 5.53. The molecule has 0 bridgehead atoms. The highest BCUT2D eigenvalue weighted by Gasteiger charge is 2.18. The molecule has 0 aliphatic carbocycles. The Hall–Kier alpha value is -0.910. The van der Waals surface area contributed by atoms with Crippen LogP contribution >= 0.6 is 22.9 Å². The maximum absolute atomic E-state index is 6.25. The molecule has 0 spiro atoms. The summed E-state index contributed by atoms with van der Waals surface area (Å²) in [6.07, 6.45) is 3.53. The van der Waals surface area contributed by atoms with Crippen molar-refractivity contribution in [1.82, 2.24) is 20.1 Å². The Morgan fingerprint density at radius 1 is 1.47 bits per heavy atom. The van der Waals surface area contributed by atoms with E-state index in [1.807, 2.05) is 16.1 Å². The Labute approximate surface area is 122 Å². The number of nitrogens with zero attached hydrogens (tertiary/aromatic N) is 3. The molecular weight excluding hydrogens is 280 g/mol. The van der Waals surface area contributed by atoms with E-state index in [1.54, 1.807) is 17.7 Å². The Morgan fingerprint density at radius 2 is 2.32 bits per heavy atom. The van der Waals surface area contributed by atoms with Crippen LogP contribution in [0.25, 0.3) is 0 Å². The van der Waals surface area contributed by atoms with E-state index in [-0.39, 0.29) is 6.04 Å². The predicted octanol–water partition coefficient (Wildman–Crippen LogP) is 3.30. The smallest absolute Gasteiger partial charge is 0.138 e. The number of aryl methyl sites for hydroxylation is 1. The summed E-state index contributed by atoms with van der Waals surface area (Å²) in [5.41, 5.74) is 0. The van der Waals surface area contributed by atoms with Crippen molar-refractivity contribution in [2.24, 2.45) is 0 Å². The predicted molar refractivity (Wildman–Crippen MR) is 79.8 cm³/mol. The third-order valence-electron chi connectivity index (χ3n) is 2.98. The summed E-state index contributed by atoms with van der Waals surface area (Å²) in [5, 5.41) is 10.6. The lowest BCUT2D eigenvalue weighted by molar-refractivity contribution is 0.502. The molecule has 0 aliphatic rings. The second kappa shape index (κ2) is 7.03. The van der Waals surface area contributed by atoms with Gasteiger partial charge in [0.1, 0.15) is 12.2 Å². The molecule has 0 amide bonds. The van der Waals surface area contributed by atoms with Crippen molar-refractivity contribution < 1.29 is 0 Å². The number of nitrogens with one attached hydrogen (secondary N) is 1. The maximum Gasteiger partial charge on any atom is 0.138 e. The first-order valence-electron chi connectivity index (χ1n) is 6.59. The molecule has 0 aromatic carbocycles. The minimum absolute atomic E-state index is 0.210. The molecule has 0 saturated heterocycles. The quantitative estimate of drug-likeness (QED) is 0.853.